The van der Waals surface area contributed by atoms with Crippen molar-refractivity contribution >= 4 is 9.84 Å². The number of rotatable bonds is 4. The summed E-state index contributed by atoms with van der Waals surface area (Å²) in [5.41, 5.74) is 2.52. The van der Waals surface area contributed by atoms with Gasteiger partial charge in [-0.05, 0) is 60.7 Å². The lowest BCUT2D eigenvalue weighted by Crippen LogP contribution is -2.33. The zero-order valence-corrected chi connectivity index (χ0v) is 14.2. The molecule has 0 spiro atoms. The molecule has 1 aliphatic rings. The third kappa shape index (κ3) is 4.18. The monoisotopic (exact) mass is 330 g/mol. The third-order valence-corrected chi connectivity index (χ3v) is 5.57. The second kappa shape index (κ2) is 6.81. The number of sulfone groups is 1. The van der Waals surface area contributed by atoms with Crippen molar-refractivity contribution in [3.05, 3.63) is 59.9 Å². The molecule has 0 radical (unpaired) electrons. The van der Waals surface area contributed by atoms with E-state index in [1.54, 1.807) is 12.1 Å². The Morgan fingerprint density at radius 3 is 2.48 bits per heavy atom. The van der Waals surface area contributed by atoms with Crippen LogP contribution in [0.2, 0.25) is 0 Å². The molecule has 0 bridgehead atoms. The first-order valence-electron chi connectivity index (χ1n) is 7.93. The van der Waals surface area contributed by atoms with Crippen molar-refractivity contribution in [1.82, 2.24) is 9.88 Å². The molecule has 4 nitrogen and oxygen atoms in total. The van der Waals surface area contributed by atoms with E-state index < -0.39 is 9.84 Å². The number of nitrogens with zero attached hydrogens (tertiary/aromatic N) is 2. The SMILES string of the molecule is CS(=O)(=O)c1ccc(CN2CCCC(c3ccncc3)C2)cc1. The molecule has 0 amide bonds. The van der Waals surface area contributed by atoms with Crippen LogP contribution in [-0.4, -0.2) is 37.6 Å². The maximum absolute atomic E-state index is 11.5. The predicted molar refractivity (Wildman–Crippen MR) is 91.0 cm³/mol. The van der Waals surface area contributed by atoms with Gasteiger partial charge in [-0.1, -0.05) is 12.1 Å². The Bertz CT molecular complexity index is 742. The van der Waals surface area contributed by atoms with Crippen LogP contribution < -0.4 is 0 Å². The summed E-state index contributed by atoms with van der Waals surface area (Å²) in [5, 5.41) is 0. The highest BCUT2D eigenvalue weighted by atomic mass is 32.2. The molecular weight excluding hydrogens is 308 g/mol. The molecule has 0 aliphatic carbocycles. The Labute approximate surface area is 138 Å². The highest BCUT2D eigenvalue weighted by Crippen LogP contribution is 2.27. The number of pyridine rings is 1. The number of hydrogen-bond donors (Lipinski definition) is 0. The van der Waals surface area contributed by atoms with Crippen LogP contribution in [0.25, 0.3) is 0 Å². The van der Waals surface area contributed by atoms with Crippen molar-refractivity contribution in [2.24, 2.45) is 0 Å². The summed E-state index contributed by atoms with van der Waals surface area (Å²) < 4.78 is 23.0. The summed E-state index contributed by atoms with van der Waals surface area (Å²) in [6.45, 7) is 3.00. The zero-order valence-electron chi connectivity index (χ0n) is 13.4. The highest BCUT2D eigenvalue weighted by molar-refractivity contribution is 7.90. The molecule has 1 unspecified atom stereocenters. The van der Waals surface area contributed by atoms with E-state index in [2.05, 4.69) is 22.0 Å². The topological polar surface area (TPSA) is 50.3 Å². The maximum Gasteiger partial charge on any atom is 0.175 e. The van der Waals surface area contributed by atoms with E-state index in [0.29, 0.717) is 10.8 Å². The lowest BCUT2D eigenvalue weighted by Gasteiger charge is -2.33. The summed E-state index contributed by atoms with van der Waals surface area (Å²) in [6.07, 6.45) is 7.37. The average Bonchev–Trinajstić information content (AvgIpc) is 2.56. The van der Waals surface area contributed by atoms with Crippen LogP contribution in [-0.2, 0) is 16.4 Å². The van der Waals surface area contributed by atoms with Crippen LogP contribution in [0.15, 0.2) is 53.7 Å². The summed E-state index contributed by atoms with van der Waals surface area (Å²) in [7, 11) is -3.12. The number of aromatic nitrogens is 1. The van der Waals surface area contributed by atoms with Crippen LogP contribution in [0.1, 0.15) is 29.9 Å². The molecule has 122 valence electrons. The van der Waals surface area contributed by atoms with Gasteiger partial charge < -0.3 is 0 Å². The summed E-state index contributed by atoms with van der Waals surface area (Å²) >= 11 is 0. The largest absolute Gasteiger partial charge is 0.298 e. The molecule has 1 aliphatic heterocycles. The smallest absolute Gasteiger partial charge is 0.175 e. The molecule has 5 heteroatoms. The van der Waals surface area contributed by atoms with Crippen molar-refractivity contribution in [3.63, 3.8) is 0 Å². The number of benzene rings is 1. The Morgan fingerprint density at radius 2 is 1.83 bits per heavy atom. The van der Waals surface area contributed by atoms with Crippen molar-refractivity contribution in [1.29, 1.82) is 0 Å². The maximum atomic E-state index is 11.5. The van der Waals surface area contributed by atoms with Crippen molar-refractivity contribution in [3.8, 4) is 0 Å². The quantitative estimate of drug-likeness (QED) is 0.865. The van der Waals surface area contributed by atoms with Gasteiger partial charge >= 0.3 is 0 Å². The van der Waals surface area contributed by atoms with Crippen molar-refractivity contribution in [2.45, 2.75) is 30.2 Å². The first-order valence-corrected chi connectivity index (χ1v) is 9.83. The minimum Gasteiger partial charge on any atom is -0.298 e. The Balaban J connectivity index is 1.66. The van der Waals surface area contributed by atoms with Crippen molar-refractivity contribution < 1.29 is 8.42 Å². The van der Waals surface area contributed by atoms with Gasteiger partial charge in [0.25, 0.3) is 0 Å². The van der Waals surface area contributed by atoms with E-state index in [9.17, 15) is 8.42 Å². The summed E-state index contributed by atoms with van der Waals surface area (Å²) in [5.74, 6) is 0.557. The zero-order chi connectivity index (χ0) is 16.3. The van der Waals surface area contributed by atoms with Gasteiger partial charge in [-0.25, -0.2) is 8.42 Å². The minimum atomic E-state index is -3.12. The second-order valence-electron chi connectivity index (χ2n) is 6.27. The number of piperidine rings is 1. The molecule has 1 aromatic heterocycles. The Kier molecular flexibility index (Phi) is 4.78. The van der Waals surface area contributed by atoms with Crippen LogP contribution >= 0.6 is 0 Å². The van der Waals surface area contributed by atoms with Crippen LogP contribution in [0.5, 0.6) is 0 Å². The molecule has 1 fully saturated rings. The van der Waals surface area contributed by atoms with E-state index >= 15 is 0 Å². The van der Waals surface area contributed by atoms with Gasteiger partial charge in [0.1, 0.15) is 0 Å². The van der Waals surface area contributed by atoms with Gasteiger partial charge in [0.15, 0.2) is 9.84 Å². The van der Waals surface area contributed by atoms with E-state index in [0.717, 1.165) is 25.2 Å². The van der Waals surface area contributed by atoms with Gasteiger partial charge in [0.05, 0.1) is 4.90 Å². The van der Waals surface area contributed by atoms with E-state index in [4.69, 9.17) is 0 Å². The molecule has 3 rings (SSSR count). The Morgan fingerprint density at radius 1 is 1.13 bits per heavy atom. The standard InChI is InChI=1S/C18H22N2O2S/c1-23(21,22)18-6-4-15(5-7-18)13-20-12-2-3-17(14-20)16-8-10-19-11-9-16/h4-11,17H,2-3,12-14H2,1H3. The third-order valence-electron chi connectivity index (χ3n) is 4.44. The van der Waals surface area contributed by atoms with Gasteiger partial charge in [0.2, 0.25) is 0 Å². The first-order chi connectivity index (χ1) is 11.0. The fourth-order valence-corrected chi connectivity index (χ4v) is 3.84. The van der Waals surface area contributed by atoms with Gasteiger partial charge in [-0.15, -0.1) is 0 Å². The fraction of sp³-hybridized carbons (Fsp3) is 0.389. The van der Waals surface area contributed by atoms with Crippen LogP contribution in [0.4, 0.5) is 0 Å². The molecule has 1 saturated heterocycles. The van der Waals surface area contributed by atoms with Crippen molar-refractivity contribution in [2.75, 3.05) is 19.3 Å². The van der Waals surface area contributed by atoms with Gasteiger partial charge in [-0.2, -0.15) is 0 Å². The normalized spacial score (nSPS) is 19.6. The van der Waals surface area contributed by atoms with Gasteiger partial charge in [0, 0.05) is 31.7 Å². The molecule has 2 aromatic rings. The first kappa shape index (κ1) is 16.1. The second-order valence-corrected chi connectivity index (χ2v) is 8.29. The van der Waals surface area contributed by atoms with Crippen LogP contribution in [0, 0.1) is 0 Å². The fourth-order valence-electron chi connectivity index (χ4n) is 3.21. The number of hydrogen-bond acceptors (Lipinski definition) is 4. The van der Waals surface area contributed by atoms with Crippen LogP contribution in [0.3, 0.4) is 0 Å². The minimum absolute atomic E-state index is 0.384. The molecular formula is C18H22N2O2S. The Hall–Kier alpha value is -1.72. The highest BCUT2D eigenvalue weighted by Gasteiger charge is 2.21. The van der Waals surface area contributed by atoms with Gasteiger partial charge in [-0.3, -0.25) is 9.88 Å². The molecule has 1 atom stereocenters. The molecule has 1 aromatic carbocycles. The molecule has 0 saturated carbocycles. The molecule has 2 heterocycles. The molecule has 0 N–H and O–H groups in total. The summed E-state index contributed by atoms with van der Waals surface area (Å²) in [4.78, 5) is 6.92. The van der Waals surface area contributed by atoms with E-state index in [-0.39, 0.29) is 0 Å². The number of likely N-dealkylation sites (tertiary alicyclic amines) is 1. The predicted octanol–water partition coefficient (Wildman–Crippen LogP) is 2.86. The van der Waals surface area contributed by atoms with E-state index in [1.165, 1.54) is 24.7 Å². The van der Waals surface area contributed by atoms with E-state index in [1.807, 2.05) is 24.5 Å². The lowest BCUT2D eigenvalue weighted by atomic mass is 9.91. The average molecular weight is 330 g/mol. The summed E-state index contributed by atoms with van der Waals surface area (Å²) in [6, 6.07) is 11.5. The molecule has 23 heavy (non-hydrogen) atoms. The lowest BCUT2D eigenvalue weighted by molar-refractivity contribution is 0.200.